The smallest absolute Gasteiger partial charge is 0.319 e. The normalized spacial score (nSPS) is 28.0. The fraction of sp³-hybridized carbons (Fsp3) is 0.432. The molecule has 4 aromatic rings. The number of aromatic hydroxyl groups is 1. The van der Waals surface area contributed by atoms with Crippen molar-refractivity contribution >= 4 is 27.5 Å². The highest BCUT2D eigenvalue weighted by Crippen LogP contribution is 2.59. The second kappa shape index (κ2) is 11.0. The van der Waals surface area contributed by atoms with E-state index in [1.54, 1.807) is 0 Å². The summed E-state index contributed by atoms with van der Waals surface area (Å²) in [6, 6.07) is 5.02. The van der Waals surface area contributed by atoms with Gasteiger partial charge in [-0.3, -0.25) is 9.88 Å². The quantitative estimate of drug-likeness (QED) is 0.178. The molecule has 2 bridgehead atoms. The van der Waals surface area contributed by atoms with Crippen LogP contribution in [-0.2, 0) is 0 Å². The molecule has 258 valence electrons. The number of halogens is 5. The van der Waals surface area contributed by atoms with Gasteiger partial charge in [-0.05, 0) is 62.1 Å². The minimum atomic E-state index is -1.80. The third-order valence-electron chi connectivity index (χ3n) is 11.6. The van der Waals surface area contributed by atoms with E-state index in [2.05, 4.69) is 26.1 Å². The van der Waals surface area contributed by atoms with Crippen molar-refractivity contribution in [2.75, 3.05) is 31.1 Å². The lowest BCUT2D eigenvalue weighted by Gasteiger charge is -2.40. The predicted molar refractivity (Wildman–Crippen MR) is 177 cm³/mol. The van der Waals surface area contributed by atoms with Gasteiger partial charge in [-0.1, -0.05) is 12.0 Å². The molecule has 5 fully saturated rings. The molecule has 4 atom stereocenters. The summed E-state index contributed by atoms with van der Waals surface area (Å²) in [5.74, 6) is 0.815. The largest absolute Gasteiger partial charge is 0.508 e. The van der Waals surface area contributed by atoms with Crippen molar-refractivity contribution in [1.82, 2.24) is 25.2 Å². The van der Waals surface area contributed by atoms with Crippen LogP contribution in [0.4, 0.5) is 27.8 Å². The van der Waals surface area contributed by atoms with Crippen molar-refractivity contribution in [2.24, 2.45) is 0 Å². The minimum Gasteiger partial charge on any atom is -0.508 e. The standard InChI is InChI=1S/C37H33F5N6O2/c1-2-24-27(39)4-3-20-11-23(49)12-25(29(20)24)31-30(42)32-26(15-43-31)33(47-17-22-5-6-35(18-47,46-22)14-28(40)41)45-34(44-32)50-19-37-10-9-36(7-8-36)48(37)16-21(38)13-37/h1,3-4,11-12,14-15,21-22,46,49H,5-10,13,16-19H2/t21?,22?,35?,37-/m1/s1. The predicted octanol–water partition coefficient (Wildman–Crippen LogP) is 6.39. The Morgan fingerprint density at radius 1 is 1.12 bits per heavy atom. The molecular weight excluding hydrogens is 655 g/mol. The molecule has 2 aromatic carbocycles. The van der Waals surface area contributed by atoms with Gasteiger partial charge in [-0.2, -0.15) is 18.7 Å². The van der Waals surface area contributed by atoms with Crippen LogP contribution in [0.15, 0.2) is 42.6 Å². The molecule has 6 heterocycles. The first-order valence-corrected chi connectivity index (χ1v) is 16.9. The summed E-state index contributed by atoms with van der Waals surface area (Å²) in [7, 11) is 0. The van der Waals surface area contributed by atoms with E-state index in [4.69, 9.17) is 16.1 Å². The van der Waals surface area contributed by atoms with Crippen LogP contribution in [0.3, 0.4) is 0 Å². The number of alkyl halides is 1. The number of benzene rings is 2. The highest BCUT2D eigenvalue weighted by atomic mass is 19.3. The van der Waals surface area contributed by atoms with E-state index in [0.29, 0.717) is 37.7 Å². The number of aromatic nitrogens is 3. The third kappa shape index (κ3) is 4.82. The Balaban J connectivity index is 1.19. The summed E-state index contributed by atoms with van der Waals surface area (Å²) in [4.78, 5) is 17.8. The lowest BCUT2D eigenvalue weighted by molar-refractivity contribution is 0.0773. The lowest BCUT2D eigenvalue weighted by atomic mass is 9.94. The number of hydrogen-bond acceptors (Lipinski definition) is 8. The van der Waals surface area contributed by atoms with Crippen LogP contribution in [0.1, 0.15) is 50.5 Å². The molecule has 4 saturated heterocycles. The van der Waals surface area contributed by atoms with Gasteiger partial charge >= 0.3 is 6.01 Å². The van der Waals surface area contributed by atoms with E-state index >= 15 is 4.39 Å². The topological polar surface area (TPSA) is 86.6 Å². The van der Waals surface area contributed by atoms with Gasteiger partial charge in [-0.15, -0.1) is 6.42 Å². The Morgan fingerprint density at radius 3 is 2.72 bits per heavy atom. The number of piperazine rings is 1. The Morgan fingerprint density at radius 2 is 1.94 bits per heavy atom. The van der Waals surface area contributed by atoms with E-state index < -0.39 is 35.0 Å². The fourth-order valence-corrected chi connectivity index (χ4v) is 9.30. The zero-order valence-electron chi connectivity index (χ0n) is 27.0. The number of terminal acetylenes is 1. The molecule has 50 heavy (non-hydrogen) atoms. The van der Waals surface area contributed by atoms with Crippen molar-refractivity contribution in [3.8, 4) is 35.4 Å². The molecule has 0 radical (unpaired) electrons. The zero-order valence-corrected chi connectivity index (χ0v) is 27.0. The van der Waals surface area contributed by atoms with Gasteiger partial charge in [0.1, 0.15) is 41.4 Å². The Labute approximate surface area is 284 Å². The highest BCUT2D eigenvalue weighted by Gasteiger charge is 2.64. The number of nitrogens with zero attached hydrogens (tertiary/aromatic N) is 5. The summed E-state index contributed by atoms with van der Waals surface area (Å²) in [5.41, 5.74) is -1.97. The van der Waals surface area contributed by atoms with Crippen molar-refractivity contribution in [1.29, 1.82) is 0 Å². The molecule has 8 nitrogen and oxygen atoms in total. The van der Waals surface area contributed by atoms with Crippen LogP contribution in [-0.4, -0.2) is 80.0 Å². The van der Waals surface area contributed by atoms with Crippen molar-refractivity contribution in [3.05, 3.63) is 59.8 Å². The van der Waals surface area contributed by atoms with Crippen LogP contribution in [0, 0.1) is 24.0 Å². The number of anilines is 1. The van der Waals surface area contributed by atoms with E-state index in [9.17, 15) is 22.7 Å². The van der Waals surface area contributed by atoms with Gasteiger partial charge in [0.2, 0.25) is 0 Å². The van der Waals surface area contributed by atoms with Crippen LogP contribution in [0.5, 0.6) is 11.8 Å². The molecule has 5 aliphatic rings. The summed E-state index contributed by atoms with van der Waals surface area (Å²) >= 11 is 0. The number of phenolic OH excluding ortho intramolecular Hbond substituents is 1. The van der Waals surface area contributed by atoms with Crippen molar-refractivity contribution < 1.29 is 31.8 Å². The van der Waals surface area contributed by atoms with Crippen LogP contribution in [0.25, 0.3) is 32.9 Å². The third-order valence-corrected chi connectivity index (χ3v) is 11.6. The van der Waals surface area contributed by atoms with Gasteiger partial charge < -0.3 is 20.1 Å². The average Bonchev–Trinajstić information content (AvgIpc) is 3.62. The molecular formula is C37H33F5N6O2. The summed E-state index contributed by atoms with van der Waals surface area (Å²) in [6.07, 6.45) is 10.4. The molecule has 4 aliphatic heterocycles. The van der Waals surface area contributed by atoms with Gasteiger partial charge in [0.15, 0.2) is 5.82 Å². The first-order valence-electron chi connectivity index (χ1n) is 16.9. The van der Waals surface area contributed by atoms with Crippen LogP contribution < -0.4 is 15.0 Å². The maximum Gasteiger partial charge on any atom is 0.319 e. The lowest BCUT2D eigenvalue weighted by Crippen LogP contribution is -2.59. The summed E-state index contributed by atoms with van der Waals surface area (Å²) in [6.45, 7) is 0.981. The maximum atomic E-state index is 17.0. The Kier molecular flexibility index (Phi) is 6.90. The van der Waals surface area contributed by atoms with Crippen LogP contribution >= 0.6 is 0 Å². The summed E-state index contributed by atoms with van der Waals surface area (Å²) < 4.78 is 80.3. The van der Waals surface area contributed by atoms with Gasteiger partial charge in [0.25, 0.3) is 6.08 Å². The van der Waals surface area contributed by atoms with Gasteiger partial charge in [-0.25, -0.2) is 13.2 Å². The molecule has 2 N–H and O–H groups in total. The molecule has 3 unspecified atom stereocenters. The molecule has 1 spiro atoms. The monoisotopic (exact) mass is 688 g/mol. The average molecular weight is 689 g/mol. The first-order chi connectivity index (χ1) is 24.0. The van der Waals surface area contributed by atoms with E-state index in [-0.39, 0.29) is 75.4 Å². The van der Waals surface area contributed by atoms with Gasteiger partial charge in [0, 0.05) is 60.9 Å². The second-order valence-electron chi connectivity index (χ2n) is 14.7. The first kappa shape index (κ1) is 31.4. The molecule has 0 amide bonds. The number of nitrogens with one attached hydrogen (secondary N) is 1. The Bertz CT molecular complexity index is 2170. The number of fused-ring (bicyclic) bond motifs is 6. The zero-order chi connectivity index (χ0) is 34.6. The van der Waals surface area contributed by atoms with Crippen molar-refractivity contribution in [3.63, 3.8) is 0 Å². The number of ether oxygens (including phenoxy) is 1. The molecule has 13 heteroatoms. The fourth-order valence-electron chi connectivity index (χ4n) is 9.30. The highest BCUT2D eigenvalue weighted by molar-refractivity contribution is 6.03. The van der Waals surface area contributed by atoms with E-state index in [0.717, 1.165) is 31.8 Å². The van der Waals surface area contributed by atoms with Crippen LogP contribution in [0.2, 0.25) is 0 Å². The summed E-state index contributed by atoms with van der Waals surface area (Å²) in [5, 5.41) is 14.7. The number of pyridine rings is 1. The molecule has 9 rings (SSSR count). The molecule has 2 aromatic heterocycles. The van der Waals surface area contributed by atoms with E-state index in [1.807, 2.05) is 4.90 Å². The van der Waals surface area contributed by atoms with Gasteiger partial charge in [0.05, 0.1) is 22.0 Å². The number of phenols is 1. The molecule has 1 aliphatic carbocycles. The van der Waals surface area contributed by atoms with Crippen molar-refractivity contribution in [2.45, 2.75) is 73.8 Å². The minimum absolute atomic E-state index is 0.0145. The second-order valence-corrected chi connectivity index (χ2v) is 14.7. The number of rotatable bonds is 6. The molecule has 1 saturated carbocycles. The Hall–Kier alpha value is -4.54. The maximum absolute atomic E-state index is 17.0. The number of hydrogen-bond donors (Lipinski definition) is 2. The van der Waals surface area contributed by atoms with E-state index in [1.165, 1.54) is 30.5 Å². The SMILES string of the molecule is C#Cc1c(F)ccc2cc(O)cc(-c3ncc4c(N5CC6CCC(C=C(F)F)(C5)N6)nc(OC[C@]56CCC7(CC7)N5CC(F)C6)nc4c3F)c12.